The van der Waals surface area contributed by atoms with Crippen molar-refractivity contribution in [3.05, 3.63) is 59.9 Å². The fraction of sp³-hybridized carbons (Fsp3) is 0.222. The first kappa shape index (κ1) is 16.8. The molecule has 7 heteroatoms. The molecule has 0 spiro atoms. The lowest BCUT2D eigenvalue weighted by Crippen LogP contribution is -2.34. The third-order valence-corrected chi connectivity index (χ3v) is 3.85. The van der Waals surface area contributed by atoms with Gasteiger partial charge in [0.1, 0.15) is 17.7 Å². The number of hydrogen-bond acceptors (Lipinski definition) is 4. The summed E-state index contributed by atoms with van der Waals surface area (Å²) in [6.45, 7) is 0.441. The molecule has 1 heterocycles. The van der Waals surface area contributed by atoms with Crippen molar-refractivity contribution in [1.82, 2.24) is 5.32 Å². The number of hydrogen-bond donors (Lipinski definition) is 1. The summed E-state index contributed by atoms with van der Waals surface area (Å²) in [5, 5.41) is 2.73. The van der Waals surface area contributed by atoms with Crippen molar-refractivity contribution in [1.29, 1.82) is 0 Å². The van der Waals surface area contributed by atoms with Crippen molar-refractivity contribution in [3.8, 4) is 5.75 Å². The van der Waals surface area contributed by atoms with E-state index >= 15 is 0 Å². The number of benzene rings is 2. The zero-order valence-corrected chi connectivity index (χ0v) is 13.6. The Morgan fingerprint density at radius 1 is 1.28 bits per heavy atom. The largest absolute Gasteiger partial charge is 0.496 e. The smallest absolute Gasteiger partial charge is 0.414 e. The molecule has 1 N–H and O–H groups in total. The maximum Gasteiger partial charge on any atom is 0.414 e. The highest BCUT2D eigenvalue weighted by molar-refractivity contribution is 5.97. The molecule has 0 unspecified atom stereocenters. The number of carbonyl (C=O) groups is 2. The Bertz CT molecular complexity index is 779. The minimum absolute atomic E-state index is 0.167. The van der Waals surface area contributed by atoms with Crippen LogP contribution in [0.5, 0.6) is 5.75 Å². The maximum absolute atomic E-state index is 13.0. The van der Waals surface area contributed by atoms with Gasteiger partial charge < -0.3 is 14.8 Å². The van der Waals surface area contributed by atoms with Crippen LogP contribution in [0.3, 0.4) is 0 Å². The van der Waals surface area contributed by atoms with Gasteiger partial charge in [-0.05, 0) is 36.4 Å². The van der Waals surface area contributed by atoms with Crippen molar-refractivity contribution in [2.45, 2.75) is 6.10 Å². The Balaban J connectivity index is 1.60. The van der Waals surface area contributed by atoms with E-state index in [1.54, 1.807) is 24.3 Å². The molecule has 2 aromatic rings. The molecular formula is C18H17FN2O4. The number of nitrogens with zero attached hydrogens (tertiary/aromatic N) is 1. The fourth-order valence-corrected chi connectivity index (χ4v) is 2.59. The van der Waals surface area contributed by atoms with Crippen LogP contribution in [0.1, 0.15) is 10.4 Å². The number of carbonyl (C=O) groups excluding carboxylic acids is 2. The van der Waals surface area contributed by atoms with E-state index in [0.717, 1.165) is 0 Å². The highest BCUT2D eigenvalue weighted by Gasteiger charge is 2.32. The fourth-order valence-electron chi connectivity index (χ4n) is 2.59. The van der Waals surface area contributed by atoms with Crippen molar-refractivity contribution in [2.24, 2.45) is 0 Å². The molecule has 1 saturated heterocycles. The molecule has 6 nitrogen and oxygen atoms in total. The minimum atomic E-state index is -0.525. The van der Waals surface area contributed by atoms with Gasteiger partial charge >= 0.3 is 6.09 Å². The first-order valence-corrected chi connectivity index (χ1v) is 7.73. The Morgan fingerprint density at radius 3 is 2.72 bits per heavy atom. The zero-order chi connectivity index (χ0) is 17.8. The second-order valence-corrected chi connectivity index (χ2v) is 5.50. The Morgan fingerprint density at radius 2 is 2.00 bits per heavy atom. The van der Waals surface area contributed by atoms with Gasteiger partial charge in [0.2, 0.25) is 0 Å². The molecular weight excluding hydrogens is 327 g/mol. The summed E-state index contributed by atoms with van der Waals surface area (Å²) in [4.78, 5) is 25.6. The highest BCUT2D eigenvalue weighted by Crippen LogP contribution is 2.22. The van der Waals surface area contributed by atoms with E-state index in [1.165, 1.54) is 36.3 Å². The van der Waals surface area contributed by atoms with E-state index in [0.29, 0.717) is 17.0 Å². The SMILES string of the molecule is COc1ccccc1C(=O)NC[C@@H]1CN(c2ccc(F)cc2)C(=O)O1. The third kappa shape index (κ3) is 3.71. The number of ether oxygens (including phenoxy) is 2. The quantitative estimate of drug-likeness (QED) is 0.905. The number of nitrogens with one attached hydrogen (secondary N) is 1. The van der Waals surface area contributed by atoms with E-state index in [4.69, 9.17) is 9.47 Å². The molecule has 0 radical (unpaired) electrons. The monoisotopic (exact) mass is 344 g/mol. The summed E-state index contributed by atoms with van der Waals surface area (Å²) in [6.07, 6.45) is -1.01. The Kier molecular flexibility index (Phi) is 4.83. The van der Waals surface area contributed by atoms with Gasteiger partial charge in [0.15, 0.2) is 0 Å². The van der Waals surface area contributed by atoms with Gasteiger partial charge in [-0.2, -0.15) is 0 Å². The molecule has 2 amide bonds. The van der Waals surface area contributed by atoms with Gasteiger partial charge in [-0.15, -0.1) is 0 Å². The van der Waals surface area contributed by atoms with Crippen LogP contribution in [-0.4, -0.2) is 38.3 Å². The van der Waals surface area contributed by atoms with Crippen LogP contribution in [0.2, 0.25) is 0 Å². The molecule has 1 aliphatic heterocycles. The number of amides is 2. The summed E-state index contributed by atoms with van der Waals surface area (Å²) >= 11 is 0. The van der Waals surface area contributed by atoms with Gasteiger partial charge in [-0.3, -0.25) is 9.69 Å². The van der Waals surface area contributed by atoms with Crippen molar-refractivity contribution in [2.75, 3.05) is 25.1 Å². The minimum Gasteiger partial charge on any atom is -0.496 e. The molecule has 0 saturated carbocycles. The van der Waals surface area contributed by atoms with Crippen molar-refractivity contribution in [3.63, 3.8) is 0 Å². The van der Waals surface area contributed by atoms with Crippen molar-refractivity contribution < 1.29 is 23.5 Å². The molecule has 3 rings (SSSR count). The highest BCUT2D eigenvalue weighted by atomic mass is 19.1. The standard InChI is InChI=1S/C18H17FN2O4/c1-24-16-5-3-2-4-15(16)17(22)20-10-14-11-21(18(23)25-14)13-8-6-12(19)7-9-13/h2-9,14H,10-11H2,1H3,(H,20,22)/t14-/m1/s1. The van der Waals surface area contributed by atoms with Gasteiger partial charge in [-0.25, -0.2) is 9.18 Å². The van der Waals surface area contributed by atoms with E-state index in [2.05, 4.69) is 5.32 Å². The first-order chi connectivity index (χ1) is 12.1. The van der Waals surface area contributed by atoms with Crippen LogP contribution in [-0.2, 0) is 4.74 Å². The molecule has 0 aliphatic carbocycles. The summed E-state index contributed by atoms with van der Waals surface area (Å²) in [5.74, 6) is -0.220. The van der Waals surface area contributed by atoms with Crippen LogP contribution in [0.4, 0.5) is 14.9 Å². The number of halogens is 1. The summed E-state index contributed by atoms with van der Waals surface area (Å²) in [5.41, 5.74) is 0.953. The second kappa shape index (κ2) is 7.21. The lowest BCUT2D eigenvalue weighted by molar-refractivity contribution is 0.0913. The van der Waals surface area contributed by atoms with Gasteiger partial charge in [0, 0.05) is 5.69 Å². The summed E-state index contributed by atoms with van der Waals surface area (Å²) in [7, 11) is 1.49. The molecule has 1 atom stereocenters. The van der Waals surface area contributed by atoms with Crippen LogP contribution >= 0.6 is 0 Å². The van der Waals surface area contributed by atoms with Crippen LogP contribution in [0.25, 0.3) is 0 Å². The van der Waals surface area contributed by atoms with Gasteiger partial charge in [0.05, 0.1) is 25.8 Å². The van der Waals surface area contributed by atoms with Gasteiger partial charge in [-0.1, -0.05) is 12.1 Å². The average Bonchev–Trinajstić information content (AvgIpc) is 3.01. The normalized spacial score (nSPS) is 16.5. The number of cyclic esters (lactones) is 1. The van der Waals surface area contributed by atoms with Crippen molar-refractivity contribution >= 4 is 17.7 Å². The van der Waals surface area contributed by atoms with E-state index in [1.807, 2.05) is 0 Å². The molecule has 1 aliphatic rings. The summed E-state index contributed by atoms with van der Waals surface area (Å²) in [6, 6.07) is 12.4. The second-order valence-electron chi connectivity index (χ2n) is 5.50. The van der Waals surface area contributed by atoms with E-state index in [-0.39, 0.29) is 24.8 Å². The predicted octanol–water partition coefficient (Wildman–Crippen LogP) is 2.59. The Labute approximate surface area is 144 Å². The van der Waals surface area contributed by atoms with Crippen LogP contribution < -0.4 is 15.0 Å². The lowest BCUT2D eigenvalue weighted by atomic mass is 10.2. The predicted molar refractivity (Wildman–Crippen MR) is 89.3 cm³/mol. The van der Waals surface area contributed by atoms with Gasteiger partial charge in [0.25, 0.3) is 5.91 Å². The number of methoxy groups -OCH3 is 1. The first-order valence-electron chi connectivity index (χ1n) is 7.73. The number of anilines is 1. The number of para-hydroxylation sites is 1. The zero-order valence-electron chi connectivity index (χ0n) is 13.6. The lowest BCUT2D eigenvalue weighted by Gasteiger charge is -2.13. The molecule has 130 valence electrons. The van der Waals surface area contributed by atoms with Crippen LogP contribution in [0.15, 0.2) is 48.5 Å². The molecule has 0 bridgehead atoms. The summed E-state index contributed by atoms with van der Waals surface area (Å²) < 4.78 is 23.4. The number of rotatable bonds is 5. The third-order valence-electron chi connectivity index (χ3n) is 3.85. The topological polar surface area (TPSA) is 67.9 Å². The molecule has 1 fully saturated rings. The Hall–Kier alpha value is -3.09. The average molecular weight is 344 g/mol. The van der Waals surface area contributed by atoms with E-state index in [9.17, 15) is 14.0 Å². The van der Waals surface area contributed by atoms with Crippen LogP contribution in [0, 0.1) is 5.82 Å². The van der Waals surface area contributed by atoms with E-state index < -0.39 is 12.2 Å². The molecule has 0 aromatic heterocycles. The maximum atomic E-state index is 13.0. The molecule has 25 heavy (non-hydrogen) atoms. The molecule has 2 aromatic carbocycles.